The minimum absolute atomic E-state index is 0.323. The van der Waals surface area contributed by atoms with E-state index in [0.29, 0.717) is 6.54 Å². The lowest BCUT2D eigenvalue weighted by molar-refractivity contribution is -0.125. The summed E-state index contributed by atoms with van der Waals surface area (Å²) in [6, 6.07) is -0.888. The van der Waals surface area contributed by atoms with E-state index in [1.165, 1.54) is 4.90 Å². The smallest absolute Gasteiger partial charge is 0.309 e. The molecule has 6 heteroatoms. The average Bonchev–Trinajstić information content (AvgIpc) is 2.33. The summed E-state index contributed by atoms with van der Waals surface area (Å²) in [6.45, 7) is 5.45. The fourth-order valence-corrected chi connectivity index (χ4v) is 1.95. The molecule has 0 radical (unpaired) electrons. The third-order valence-electron chi connectivity index (χ3n) is 3.12. The van der Waals surface area contributed by atoms with Crippen LogP contribution in [0.2, 0.25) is 0 Å². The second kappa shape index (κ2) is 7.33. The molecule has 1 saturated heterocycles. The maximum absolute atomic E-state index is 11.7. The minimum atomic E-state index is -0.574. The first-order valence-electron chi connectivity index (χ1n) is 6.72. The SMILES string of the molecule is CCCCNC1C(=O)NC(=O)N(CCCC)C1N. The van der Waals surface area contributed by atoms with Crippen molar-refractivity contribution in [2.75, 3.05) is 13.1 Å². The van der Waals surface area contributed by atoms with Crippen molar-refractivity contribution in [2.45, 2.75) is 51.7 Å². The van der Waals surface area contributed by atoms with Crippen LogP contribution in [-0.4, -0.2) is 42.1 Å². The lowest BCUT2D eigenvalue weighted by atomic mass is 10.1. The van der Waals surface area contributed by atoms with Gasteiger partial charge in [-0.05, 0) is 19.4 Å². The molecule has 0 aromatic carbocycles. The molecule has 6 nitrogen and oxygen atoms in total. The van der Waals surface area contributed by atoms with E-state index in [9.17, 15) is 9.59 Å². The molecule has 18 heavy (non-hydrogen) atoms. The van der Waals surface area contributed by atoms with E-state index in [2.05, 4.69) is 24.5 Å². The topological polar surface area (TPSA) is 87.5 Å². The Morgan fingerprint density at radius 1 is 1.28 bits per heavy atom. The molecular formula is C12H24N4O2. The van der Waals surface area contributed by atoms with Gasteiger partial charge >= 0.3 is 6.03 Å². The molecule has 1 aliphatic heterocycles. The largest absolute Gasteiger partial charge is 0.325 e. The van der Waals surface area contributed by atoms with Crippen LogP contribution < -0.4 is 16.4 Å². The van der Waals surface area contributed by atoms with E-state index in [1.807, 2.05) is 0 Å². The molecule has 1 aliphatic rings. The molecule has 2 unspecified atom stereocenters. The van der Waals surface area contributed by atoms with Gasteiger partial charge in [-0.25, -0.2) is 4.79 Å². The minimum Gasteiger partial charge on any atom is -0.309 e. The van der Waals surface area contributed by atoms with Crippen molar-refractivity contribution in [1.29, 1.82) is 0 Å². The number of amides is 3. The Labute approximate surface area is 108 Å². The van der Waals surface area contributed by atoms with Crippen molar-refractivity contribution in [3.05, 3.63) is 0 Å². The average molecular weight is 256 g/mol. The summed E-state index contributed by atoms with van der Waals surface area (Å²) in [7, 11) is 0. The Hall–Kier alpha value is -1.14. The second-order valence-electron chi connectivity index (χ2n) is 4.62. The Kier molecular flexibility index (Phi) is 6.07. The first-order chi connectivity index (χ1) is 8.61. The standard InChI is InChI=1S/C12H24N4O2/c1-3-5-7-14-9-10(13)16(8-6-4-2)12(18)15-11(9)17/h9-10,14H,3-8,13H2,1-2H3,(H,15,17,18). The molecule has 3 amide bonds. The van der Waals surface area contributed by atoms with Gasteiger partial charge in [0.2, 0.25) is 5.91 Å². The predicted octanol–water partition coefficient (Wildman–Crippen LogP) is 0.381. The highest BCUT2D eigenvalue weighted by atomic mass is 16.2. The molecule has 104 valence electrons. The fourth-order valence-electron chi connectivity index (χ4n) is 1.95. The normalized spacial score (nSPS) is 24.3. The van der Waals surface area contributed by atoms with E-state index in [0.717, 1.165) is 32.2 Å². The van der Waals surface area contributed by atoms with Crippen LogP contribution in [0, 0.1) is 0 Å². The monoisotopic (exact) mass is 256 g/mol. The van der Waals surface area contributed by atoms with Crippen LogP contribution in [0.5, 0.6) is 0 Å². The summed E-state index contributed by atoms with van der Waals surface area (Å²) < 4.78 is 0. The molecule has 4 N–H and O–H groups in total. The number of urea groups is 1. The van der Waals surface area contributed by atoms with Crippen molar-refractivity contribution < 1.29 is 9.59 Å². The number of hydrogen-bond donors (Lipinski definition) is 3. The third-order valence-corrected chi connectivity index (χ3v) is 3.12. The number of rotatable bonds is 7. The zero-order valence-corrected chi connectivity index (χ0v) is 11.2. The number of carbonyl (C=O) groups excluding carboxylic acids is 2. The van der Waals surface area contributed by atoms with Crippen molar-refractivity contribution in [3.8, 4) is 0 Å². The van der Waals surface area contributed by atoms with Crippen LogP contribution in [0.15, 0.2) is 0 Å². The van der Waals surface area contributed by atoms with Gasteiger partial charge in [0.25, 0.3) is 0 Å². The van der Waals surface area contributed by atoms with E-state index in [1.54, 1.807) is 0 Å². The quantitative estimate of drug-likeness (QED) is 0.575. The number of nitrogens with one attached hydrogen (secondary N) is 2. The zero-order valence-electron chi connectivity index (χ0n) is 11.2. The first-order valence-corrected chi connectivity index (χ1v) is 6.72. The maximum atomic E-state index is 11.7. The molecule has 1 rings (SSSR count). The molecule has 0 saturated carbocycles. The number of unbranched alkanes of at least 4 members (excludes halogenated alkanes) is 2. The molecule has 1 fully saturated rings. The van der Waals surface area contributed by atoms with Gasteiger partial charge < -0.3 is 16.0 Å². The fraction of sp³-hybridized carbons (Fsp3) is 0.833. The van der Waals surface area contributed by atoms with E-state index >= 15 is 0 Å². The van der Waals surface area contributed by atoms with Crippen LogP contribution >= 0.6 is 0 Å². The molecular weight excluding hydrogens is 232 g/mol. The number of carbonyl (C=O) groups is 2. The maximum Gasteiger partial charge on any atom is 0.325 e. The van der Waals surface area contributed by atoms with Gasteiger partial charge in [0, 0.05) is 6.54 Å². The van der Waals surface area contributed by atoms with Gasteiger partial charge in [0.1, 0.15) is 12.2 Å². The number of nitrogens with two attached hydrogens (primary N) is 1. The van der Waals surface area contributed by atoms with Crippen molar-refractivity contribution in [2.24, 2.45) is 5.73 Å². The zero-order chi connectivity index (χ0) is 13.5. The summed E-state index contributed by atoms with van der Waals surface area (Å²) in [5, 5.41) is 5.47. The van der Waals surface area contributed by atoms with Gasteiger partial charge in [-0.3, -0.25) is 10.1 Å². The Balaban J connectivity index is 2.59. The highest BCUT2D eigenvalue weighted by molar-refractivity contribution is 6.00. The second-order valence-corrected chi connectivity index (χ2v) is 4.62. The van der Waals surface area contributed by atoms with Crippen molar-refractivity contribution in [1.82, 2.24) is 15.5 Å². The van der Waals surface area contributed by atoms with Crippen LogP contribution in [0.4, 0.5) is 4.79 Å². The summed E-state index contributed by atoms with van der Waals surface area (Å²) in [5.74, 6) is -0.323. The van der Waals surface area contributed by atoms with Crippen LogP contribution in [-0.2, 0) is 4.79 Å². The lowest BCUT2D eigenvalue weighted by Crippen LogP contribution is -2.70. The Morgan fingerprint density at radius 2 is 1.94 bits per heavy atom. The summed E-state index contributed by atoms with van der Waals surface area (Å²) in [4.78, 5) is 24.9. The molecule has 0 aromatic rings. The molecule has 0 spiro atoms. The number of imide groups is 1. The molecule has 1 heterocycles. The van der Waals surface area contributed by atoms with Crippen LogP contribution in [0.3, 0.4) is 0 Å². The Bertz CT molecular complexity index is 296. The predicted molar refractivity (Wildman–Crippen MR) is 69.8 cm³/mol. The van der Waals surface area contributed by atoms with Gasteiger partial charge in [-0.2, -0.15) is 0 Å². The van der Waals surface area contributed by atoms with Crippen LogP contribution in [0.1, 0.15) is 39.5 Å². The van der Waals surface area contributed by atoms with E-state index in [4.69, 9.17) is 5.73 Å². The molecule has 0 bridgehead atoms. The van der Waals surface area contributed by atoms with Gasteiger partial charge in [-0.1, -0.05) is 26.7 Å². The number of nitrogens with zero attached hydrogens (tertiary/aromatic N) is 1. The van der Waals surface area contributed by atoms with Gasteiger partial charge in [-0.15, -0.1) is 0 Å². The first kappa shape index (κ1) is 14.9. The Morgan fingerprint density at radius 3 is 2.56 bits per heavy atom. The highest BCUT2D eigenvalue weighted by Gasteiger charge is 2.38. The molecule has 0 aliphatic carbocycles. The number of hydrogen-bond acceptors (Lipinski definition) is 4. The molecule has 2 atom stereocenters. The van der Waals surface area contributed by atoms with Gasteiger partial charge in [0.05, 0.1) is 0 Å². The van der Waals surface area contributed by atoms with Crippen molar-refractivity contribution in [3.63, 3.8) is 0 Å². The van der Waals surface area contributed by atoms with Crippen LogP contribution in [0.25, 0.3) is 0 Å². The van der Waals surface area contributed by atoms with E-state index in [-0.39, 0.29) is 11.9 Å². The third kappa shape index (κ3) is 3.68. The highest BCUT2D eigenvalue weighted by Crippen LogP contribution is 2.09. The molecule has 0 aromatic heterocycles. The summed E-state index contributed by atoms with van der Waals surface area (Å²) in [6.07, 6.45) is 3.33. The summed E-state index contributed by atoms with van der Waals surface area (Å²) >= 11 is 0. The van der Waals surface area contributed by atoms with Crippen molar-refractivity contribution >= 4 is 11.9 Å². The lowest BCUT2D eigenvalue weighted by Gasteiger charge is -2.38. The summed E-state index contributed by atoms with van der Waals surface area (Å²) in [5.41, 5.74) is 6.01. The van der Waals surface area contributed by atoms with Gasteiger partial charge in [0.15, 0.2) is 0 Å². The van der Waals surface area contributed by atoms with E-state index < -0.39 is 12.2 Å².